The highest BCUT2D eigenvalue weighted by Gasteiger charge is 2.15. The Kier molecular flexibility index (Phi) is 5.86. The summed E-state index contributed by atoms with van der Waals surface area (Å²) < 4.78 is 0. The van der Waals surface area contributed by atoms with Crippen molar-refractivity contribution in [3.8, 4) is 0 Å². The lowest BCUT2D eigenvalue weighted by molar-refractivity contribution is 0.112. The summed E-state index contributed by atoms with van der Waals surface area (Å²) in [5.74, 6) is 0. The highest BCUT2D eigenvalue weighted by atomic mass is 16.3. The first-order chi connectivity index (χ1) is 8.67. The topological polar surface area (TPSA) is 40.5 Å². The number of nitrogens with zero attached hydrogens (tertiary/aromatic N) is 1. The van der Waals surface area contributed by atoms with Crippen molar-refractivity contribution in [3.05, 3.63) is 29.3 Å². The van der Waals surface area contributed by atoms with Gasteiger partial charge in [0.25, 0.3) is 0 Å². The Bertz CT molecular complexity index is 386. The van der Waals surface area contributed by atoms with Gasteiger partial charge in [-0.1, -0.05) is 13.8 Å². The van der Waals surface area contributed by atoms with Crippen molar-refractivity contribution in [2.75, 3.05) is 18.1 Å². The first kappa shape index (κ1) is 14.7. The van der Waals surface area contributed by atoms with Crippen molar-refractivity contribution < 1.29 is 9.90 Å². The molecule has 0 fully saturated rings. The number of carbonyl (C=O) groups excluding carboxylic acids is 1. The Morgan fingerprint density at radius 2 is 2.00 bits per heavy atom. The van der Waals surface area contributed by atoms with Crippen LogP contribution in [0.5, 0.6) is 0 Å². The molecule has 1 rings (SSSR count). The van der Waals surface area contributed by atoms with Gasteiger partial charge in [0.15, 0.2) is 0 Å². The van der Waals surface area contributed by atoms with E-state index in [1.165, 1.54) is 0 Å². The molecule has 0 aliphatic rings. The first-order valence-electron chi connectivity index (χ1n) is 6.61. The molecule has 0 aliphatic carbocycles. The number of anilines is 1. The number of hydrogen-bond donors (Lipinski definition) is 1. The molecule has 0 radical (unpaired) electrons. The van der Waals surface area contributed by atoms with Crippen molar-refractivity contribution in [2.45, 2.75) is 39.7 Å². The molecule has 0 aromatic heterocycles. The largest absolute Gasteiger partial charge is 0.395 e. The van der Waals surface area contributed by atoms with Crippen LogP contribution in [0.1, 0.15) is 42.6 Å². The summed E-state index contributed by atoms with van der Waals surface area (Å²) in [5, 5.41) is 9.21. The van der Waals surface area contributed by atoms with E-state index >= 15 is 0 Å². The lowest BCUT2D eigenvalue weighted by Gasteiger charge is -2.32. The summed E-state index contributed by atoms with van der Waals surface area (Å²) in [4.78, 5) is 13.1. The van der Waals surface area contributed by atoms with E-state index in [1.807, 2.05) is 25.1 Å². The lowest BCUT2D eigenvalue weighted by atomic mass is 10.1. The Morgan fingerprint density at radius 1 is 1.33 bits per heavy atom. The van der Waals surface area contributed by atoms with E-state index in [9.17, 15) is 9.90 Å². The Balaban J connectivity index is 3.05. The summed E-state index contributed by atoms with van der Waals surface area (Å²) >= 11 is 0. The van der Waals surface area contributed by atoms with Crippen LogP contribution in [0.2, 0.25) is 0 Å². The van der Waals surface area contributed by atoms with Gasteiger partial charge in [-0.2, -0.15) is 0 Å². The summed E-state index contributed by atoms with van der Waals surface area (Å²) in [6.45, 7) is 7.03. The molecule has 0 heterocycles. The quantitative estimate of drug-likeness (QED) is 0.755. The third-order valence-electron chi connectivity index (χ3n) is 3.44. The van der Waals surface area contributed by atoms with Crippen LogP contribution in [0, 0.1) is 6.92 Å². The molecule has 1 aromatic carbocycles. The Morgan fingerprint density at radius 3 is 2.44 bits per heavy atom. The van der Waals surface area contributed by atoms with Crippen molar-refractivity contribution in [3.63, 3.8) is 0 Å². The van der Waals surface area contributed by atoms with Crippen LogP contribution in [0.25, 0.3) is 0 Å². The highest BCUT2D eigenvalue weighted by Crippen LogP contribution is 2.22. The molecule has 18 heavy (non-hydrogen) atoms. The van der Waals surface area contributed by atoms with E-state index in [-0.39, 0.29) is 6.61 Å². The van der Waals surface area contributed by atoms with E-state index < -0.39 is 0 Å². The zero-order valence-electron chi connectivity index (χ0n) is 11.5. The number of carbonyl (C=O) groups is 1. The van der Waals surface area contributed by atoms with Crippen LogP contribution in [-0.2, 0) is 0 Å². The number of aliphatic hydroxyl groups excluding tert-OH is 1. The summed E-state index contributed by atoms with van der Waals surface area (Å²) in [7, 11) is 0. The third-order valence-corrected chi connectivity index (χ3v) is 3.44. The molecule has 3 heteroatoms. The van der Waals surface area contributed by atoms with Crippen molar-refractivity contribution in [2.24, 2.45) is 0 Å². The van der Waals surface area contributed by atoms with Gasteiger partial charge >= 0.3 is 0 Å². The van der Waals surface area contributed by atoms with E-state index in [2.05, 4.69) is 18.7 Å². The molecule has 100 valence electrons. The van der Waals surface area contributed by atoms with E-state index in [1.54, 1.807) is 0 Å². The van der Waals surface area contributed by atoms with Gasteiger partial charge in [-0.05, 0) is 43.5 Å². The molecule has 0 bridgehead atoms. The highest BCUT2D eigenvalue weighted by molar-refractivity contribution is 5.78. The summed E-state index contributed by atoms with van der Waals surface area (Å²) in [5.41, 5.74) is 2.80. The molecule has 1 N–H and O–H groups in total. The van der Waals surface area contributed by atoms with Gasteiger partial charge in [-0.25, -0.2) is 0 Å². The van der Waals surface area contributed by atoms with Crippen LogP contribution >= 0.6 is 0 Å². The minimum Gasteiger partial charge on any atom is -0.395 e. The van der Waals surface area contributed by atoms with Crippen molar-refractivity contribution >= 4 is 12.0 Å². The number of hydrogen-bond acceptors (Lipinski definition) is 3. The fraction of sp³-hybridized carbons (Fsp3) is 0.533. The van der Waals surface area contributed by atoms with Gasteiger partial charge in [0.1, 0.15) is 6.29 Å². The number of aliphatic hydroxyl groups is 1. The fourth-order valence-electron chi connectivity index (χ4n) is 2.33. The van der Waals surface area contributed by atoms with Gasteiger partial charge in [-0.15, -0.1) is 0 Å². The molecular formula is C15H23NO2. The molecule has 0 saturated carbocycles. The van der Waals surface area contributed by atoms with Gasteiger partial charge in [-0.3, -0.25) is 4.79 Å². The maximum absolute atomic E-state index is 10.8. The molecule has 0 atom stereocenters. The van der Waals surface area contributed by atoms with E-state index in [4.69, 9.17) is 0 Å². The average Bonchev–Trinajstić information content (AvgIpc) is 2.39. The SMILES string of the molecule is CCC(CC)N(CCO)c1ccc(C=O)c(C)c1. The first-order valence-corrected chi connectivity index (χ1v) is 6.61. The third kappa shape index (κ3) is 3.33. The maximum Gasteiger partial charge on any atom is 0.150 e. The zero-order valence-corrected chi connectivity index (χ0v) is 11.5. The minimum atomic E-state index is 0.144. The molecule has 0 aliphatic heterocycles. The second kappa shape index (κ2) is 7.17. The lowest BCUT2D eigenvalue weighted by Crippen LogP contribution is -2.36. The smallest absolute Gasteiger partial charge is 0.150 e. The summed E-state index contributed by atoms with van der Waals surface area (Å²) in [6, 6.07) is 6.27. The van der Waals surface area contributed by atoms with E-state index in [0.717, 1.165) is 35.9 Å². The normalized spacial score (nSPS) is 10.7. The molecule has 0 spiro atoms. The van der Waals surface area contributed by atoms with Crippen molar-refractivity contribution in [1.82, 2.24) is 0 Å². The van der Waals surface area contributed by atoms with Gasteiger partial charge in [0.05, 0.1) is 6.61 Å². The molecule has 3 nitrogen and oxygen atoms in total. The second-order valence-electron chi connectivity index (χ2n) is 4.55. The zero-order chi connectivity index (χ0) is 13.5. The molecule has 0 amide bonds. The predicted octanol–water partition coefficient (Wildman–Crippen LogP) is 2.79. The van der Waals surface area contributed by atoms with Gasteiger partial charge in [0.2, 0.25) is 0 Å². The molecule has 0 saturated heterocycles. The predicted molar refractivity (Wildman–Crippen MR) is 75.4 cm³/mol. The number of rotatable bonds is 7. The van der Waals surface area contributed by atoms with Crippen LogP contribution < -0.4 is 4.90 Å². The monoisotopic (exact) mass is 249 g/mol. The van der Waals surface area contributed by atoms with Crippen LogP contribution in [0.4, 0.5) is 5.69 Å². The average molecular weight is 249 g/mol. The van der Waals surface area contributed by atoms with E-state index in [0.29, 0.717) is 12.6 Å². The summed E-state index contributed by atoms with van der Waals surface area (Å²) in [6.07, 6.45) is 2.97. The molecule has 1 aromatic rings. The van der Waals surface area contributed by atoms with Crippen LogP contribution in [0.15, 0.2) is 18.2 Å². The number of aryl methyl sites for hydroxylation is 1. The minimum absolute atomic E-state index is 0.144. The number of benzene rings is 1. The Hall–Kier alpha value is -1.35. The Labute approximate surface area is 109 Å². The van der Waals surface area contributed by atoms with Crippen molar-refractivity contribution in [1.29, 1.82) is 0 Å². The van der Waals surface area contributed by atoms with Gasteiger partial charge in [0, 0.05) is 23.8 Å². The molecule has 0 unspecified atom stereocenters. The van der Waals surface area contributed by atoms with Crippen LogP contribution in [-0.4, -0.2) is 30.6 Å². The standard InChI is InChI=1S/C15H23NO2/c1-4-14(5-2)16(8-9-17)15-7-6-13(11-18)12(3)10-15/h6-7,10-11,14,17H,4-5,8-9H2,1-3H3. The number of aldehydes is 1. The van der Waals surface area contributed by atoms with Crippen LogP contribution in [0.3, 0.4) is 0 Å². The second-order valence-corrected chi connectivity index (χ2v) is 4.55. The maximum atomic E-state index is 10.8. The molecular weight excluding hydrogens is 226 g/mol. The van der Waals surface area contributed by atoms with Gasteiger partial charge < -0.3 is 10.0 Å². The fourth-order valence-corrected chi connectivity index (χ4v) is 2.33.